The van der Waals surface area contributed by atoms with Gasteiger partial charge in [-0.3, -0.25) is 14.5 Å². The third-order valence-corrected chi connectivity index (χ3v) is 5.82. The van der Waals surface area contributed by atoms with Crippen molar-refractivity contribution in [2.45, 2.75) is 31.2 Å². The monoisotopic (exact) mass is 446 g/mol. The van der Waals surface area contributed by atoms with Gasteiger partial charge in [-0.05, 0) is 43.2 Å². The first kappa shape index (κ1) is 21.1. The number of esters is 1. The standard InChI is InChI=1S/C22H20ClFN2O5/c23-15-11-14(24)7-8-18(15)30-13-20(28)31-12-19(27)26-17-6-2-1-5-16(17)25-21(29)22(26)9-3-4-10-22/h1-2,5-8,11H,3-4,9-10,12-13H2,(H,25,29). The summed E-state index contributed by atoms with van der Waals surface area (Å²) in [6.07, 6.45) is 2.73. The fraction of sp³-hybridized carbons (Fsp3) is 0.318. The van der Waals surface area contributed by atoms with Crippen LogP contribution < -0.4 is 15.0 Å². The van der Waals surface area contributed by atoms with Gasteiger partial charge in [0.15, 0.2) is 13.2 Å². The van der Waals surface area contributed by atoms with Crippen LogP contribution in [0.1, 0.15) is 25.7 Å². The van der Waals surface area contributed by atoms with Gasteiger partial charge in [0.1, 0.15) is 17.1 Å². The number of fused-ring (bicyclic) bond motifs is 1. The minimum absolute atomic E-state index is 0.0167. The summed E-state index contributed by atoms with van der Waals surface area (Å²) in [7, 11) is 0. The number of benzene rings is 2. The molecule has 1 spiro atoms. The second-order valence-electron chi connectivity index (χ2n) is 7.46. The highest BCUT2D eigenvalue weighted by Crippen LogP contribution is 2.45. The summed E-state index contributed by atoms with van der Waals surface area (Å²) in [6.45, 7) is -1.04. The van der Waals surface area contributed by atoms with Gasteiger partial charge in [-0.25, -0.2) is 9.18 Å². The van der Waals surface area contributed by atoms with Gasteiger partial charge in [-0.2, -0.15) is 0 Å². The van der Waals surface area contributed by atoms with Gasteiger partial charge in [0.2, 0.25) is 0 Å². The number of rotatable bonds is 5. The number of amides is 2. The molecule has 2 aromatic rings. The van der Waals surface area contributed by atoms with E-state index >= 15 is 0 Å². The minimum Gasteiger partial charge on any atom is -0.480 e. The summed E-state index contributed by atoms with van der Waals surface area (Å²) in [4.78, 5) is 39.5. The zero-order chi connectivity index (χ0) is 22.0. The quantitative estimate of drug-likeness (QED) is 0.708. The van der Waals surface area contributed by atoms with Crippen LogP contribution in [-0.4, -0.2) is 36.5 Å². The molecule has 4 rings (SSSR count). The Balaban J connectivity index is 1.44. The Morgan fingerprint density at radius 2 is 1.87 bits per heavy atom. The summed E-state index contributed by atoms with van der Waals surface area (Å²) in [5.74, 6) is -1.91. The SMILES string of the molecule is O=C(COc1ccc(F)cc1Cl)OCC(=O)N1c2ccccc2NC(=O)C12CCCC2. The summed E-state index contributed by atoms with van der Waals surface area (Å²) < 4.78 is 23.4. The van der Waals surface area contributed by atoms with Crippen LogP contribution in [0.25, 0.3) is 0 Å². The van der Waals surface area contributed by atoms with Crippen LogP contribution in [0.4, 0.5) is 15.8 Å². The molecule has 7 nitrogen and oxygen atoms in total. The molecule has 0 saturated heterocycles. The fourth-order valence-corrected chi connectivity index (χ4v) is 4.33. The average molecular weight is 447 g/mol. The minimum atomic E-state index is -0.976. The Morgan fingerprint density at radius 1 is 1.13 bits per heavy atom. The van der Waals surface area contributed by atoms with Gasteiger partial charge >= 0.3 is 5.97 Å². The first-order valence-electron chi connectivity index (χ1n) is 9.88. The lowest BCUT2D eigenvalue weighted by atomic mass is 9.90. The van der Waals surface area contributed by atoms with E-state index in [0.29, 0.717) is 24.2 Å². The number of nitrogens with one attached hydrogen (secondary N) is 1. The van der Waals surface area contributed by atoms with Crippen LogP contribution in [-0.2, 0) is 19.1 Å². The predicted molar refractivity (Wildman–Crippen MR) is 112 cm³/mol. The van der Waals surface area contributed by atoms with Gasteiger partial charge in [-0.15, -0.1) is 0 Å². The van der Waals surface area contributed by atoms with Crippen molar-refractivity contribution in [2.75, 3.05) is 23.4 Å². The smallest absolute Gasteiger partial charge is 0.344 e. The van der Waals surface area contributed by atoms with Gasteiger partial charge < -0.3 is 14.8 Å². The molecule has 0 unspecified atom stereocenters. The van der Waals surface area contributed by atoms with Gasteiger partial charge in [0.05, 0.1) is 16.4 Å². The first-order valence-corrected chi connectivity index (χ1v) is 10.3. The van der Waals surface area contributed by atoms with E-state index in [-0.39, 0.29) is 16.7 Å². The summed E-state index contributed by atoms with van der Waals surface area (Å²) in [5.41, 5.74) is 0.147. The molecule has 1 fully saturated rings. The highest BCUT2D eigenvalue weighted by atomic mass is 35.5. The number of para-hydroxylation sites is 2. The molecule has 1 aliphatic carbocycles. The maximum Gasteiger partial charge on any atom is 0.344 e. The molecule has 1 N–H and O–H groups in total. The van der Waals surface area contributed by atoms with Crippen molar-refractivity contribution in [1.82, 2.24) is 0 Å². The van der Waals surface area contributed by atoms with Crippen LogP contribution in [0.5, 0.6) is 5.75 Å². The molecule has 2 aromatic carbocycles. The van der Waals surface area contributed by atoms with Crippen molar-refractivity contribution >= 4 is 40.8 Å². The Labute approximate surface area is 183 Å². The second-order valence-corrected chi connectivity index (χ2v) is 7.87. The fourth-order valence-electron chi connectivity index (χ4n) is 4.11. The summed E-state index contributed by atoms with van der Waals surface area (Å²) in [5, 5.41) is 2.91. The molecule has 0 aromatic heterocycles. The zero-order valence-electron chi connectivity index (χ0n) is 16.5. The number of halogens is 2. The van der Waals surface area contributed by atoms with Crippen molar-refractivity contribution in [3.63, 3.8) is 0 Å². The van der Waals surface area contributed by atoms with E-state index in [1.54, 1.807) is 24.3 Å². The van der Waals surface area contributed by atoms with Crippen molar-refractivity contribution in [2.24, 2.45) is 0 Å². The van der Waals surface area contributed by atoms with Crippen molar-refractivity contribution < 1.29 is 28.2 Å². The molecular weight excluding hydrogens is 427 g/mol. The van der Waals surface area contributed by atoms with E-state index in [9.17, 15) is 18.8 Å². The Kier molecular flexibility index (Phi) is 5.82. The second kappa shape index (κ2) is 8.55. The molecule has 2 amide bonds. The Bertz CT molecular complexity index is 1040. The molecule has 1 aliphatic heterocycles. The van der Waals surface area contributed by atoms with E-state index in [1.165, 1.54) is 11.0 Å². The molecule has 1 heterocycles. The zero-order valence-corrected chi connectivity index (χ0v) is 17.3. The summed E-state index contributed by atoms with van der Waals surface area (Å²) in [6, 6.07) is 10.5. The third kappa shape index (κ3) is 4.07. The molecule has 2 aliphatic rings. The molecule has 0 atom stereocenters. The van der Waals surface area contributed by atoms with Crippen LogP contribution in [0.3, 0.4) is 0 Å². The van der Waals surface area contributed by atoms with Crippen LogP contribution in [0.2, 0.25) is 5.02 Å². The number of anilines is 2. The molecule has 1 saturated carbocycles. The molecule has 162 valence electrons. The van der Waals surface area contributed by atoms with E-state index < -0.39 is 36.4 Å². The molecule has 0 bridgehead atoms. The number of carbonyl (C=O) groups excluding carboxylic acids is 3. The number of ether oxygens (including phenoxy) is 2. The lowest BCUT2D eigenvalue weighted by molar-refractivity contribution is -0.150. The van der Waals surface area contributed by atoms with Crippen LogP contribution in [0, 0.1) is 5.82 Å². The van der Waals surface area contributed by atoms with E-state index in [1.807, 2.05) is 0 Å². The lowest BCUT2D eigenvalue weighted by Crippen LogP contribution is -2.61. The largest absolute Gasteiger partial charge is 0.480 e. The average Bonchev–Trinajstić information content (AvgIpc) is 3.23. The number of hydrogen-bond acceptors (Lipinski definition) is 5. The summed E-state index contributed by atoms with van der Waals surface area (Å²) >= 11 is 5.86. The van der Waals surface area contributed by atoms with Crippen LogP contribution >= 0.6 is 11.6 Å². The molecular formula is C22H20ClFN2O5. The van der Waals surface area contributed by atoms with Gasteiger partial charge in [0, 0.05) is 0 Å². The van der Waals surface area contributed by atoms with E-state index in [4.69, 9.17) is 21.1 Å². The van der Waals surface area contributed by atoms with Crippen molar-refractivity contribution in [1.29, 1.82) is 0 Å². The molecule has 9 heteroatoms. The highest BCUT2D eigenvalue weighted by molar-refractivity contribution is 6.32. The number of hydrogen-bond donors (Lipinski definition) is 1. The molecule has 0 radical (unpaired) electrons. The molecule has 31 heavy (non-hydrogen) atoms. The normalized spacial score (nSPS) is 16.6. The van der Waals surface area contributed by atoms with Gasteiger partial charge in [-0.1, -0.05) is 36.6 Å². The third-order valence-electron chi connectivity index (χ3n) is 5.52. The predicted octanol–water partition coefficient (Wildman–Crippen LogP) is 3.70. The van der Waals surface area contributed by atoms with E-state index in [0.717, 1.165) is 25.0 Å². The maximum absolute atomic E-state index is 13.1. The lowest BCUT2D eigenvalue weighted by Gasteiger charge is -2.44. The topological polar surface area (TPSA) is 84.9 Å². The van der Waals surface area contributed by atoms with Gasteiger partial charge in [0.25, 0.3) is 11.8 Å². The Morgan fingerprint density at radius 3 is 2.61 bits per heavy atom. The van der Waals surface area contributed by atoms with E-state index in [2.05, 4.69) is 5.32 Å². The number of carbonyl (C=O) groups is 3. The van der Waals surface area contributed by atoms with Crippen molar-refractivity contribution in [3.05, 3.63) is 53.3 Å². The number of nitrogens with zero attached hydrogens (tertiary/aromatic N) is 1. The highest BCUT2D eigenvalue weighted by Gasteiger charge is 2.52. The van der Waals surface area contributed by atoms with Crippen LogP contribution in [0.15, 0.2) is 42.5 Å². The first-order chi connectivity index (χ1) is 14.9. The Hall–Kier alpha value is -3.13. The maximum atomic E-state index is 13.1. The van der Waals surface area contributed by atoms with Crippen molar-refractivity contribution in [3.8, 4) is 5.75 Å².